The van der Waals surface area contributed by atoms with Crippen LogP contribution in [0.3, 0.4) is 0 Å². The van der Waals surface area contributed by atoms with Gasteiger partial charge in [-0.15, -0.1) is 10.2 Å². The van der Waals surface area contributed by atoms with Gasteiger partial charge in [0, 0.05) is 17.7 Å². The summed E-state index contributed by atoms with van der Waals surface area (Å²) in [5.74, 6) is 0.0122. The predicted octanol–water partition coefficient (Wildman–Crippen LogP) is 5.20. The molecule has 2 heterocycles. The second-order valence-electron chi connectivity index (χ2n) is 12.0. The Balaban J connectivity index is 1.51. The van der Waals surface area contributed by atoms with Crippen LogP contribution < -0.4 is 5.32 Å². The van der Waals surface area contributed by atoms with E-state index in [9.17, 15) is 22.8 Å². The first-order valence-corrected chi connectivity index (χ1v) is 13.9. The Bertz CT molecular complexity index is 1430. The number of nitrogens with one attached hydrogen (secondary N) is 2. The molecule has 0 fully saturated rings. The molecular weight excluding hydrogens is 547 g/mol. The van der Waals surface area contributed by atoms with Crippen molar-refractivity contribution in [2.24, 2.45) is 16.3 Å². The molecule has 2 amide bonds. The van der Waals surface area contributed by atoms with Gasteiger partial charge in [0.15, 0.2) is 5.82 Å². The largest absolute Gasteiger partial charge is 0.416 e. The molecule has 0 saturated carbocycles. The molecule has 1 aliphatic rings. The first kappa shape index (κ1) is 30.9. The van der Waals surface area contributed by atoms with Crippen molar-refractivity contribution in [3.8, 4) is 0 Å². The summed E-state index contributed by atoms with van der Waals surface area (Å²) in [6.07, 6.45) is -2.69. The fourth-order valence-electron chi connectivity index (χ4n) is 4.77. The molecule has 2 unspecified atom stereocenters. The Kier molecular flexibility index (Phi) is 8.84. The zero-order valence-corrected chi connectivity index (χ0v) is 24.4. The lowest BCUT2D eigenvalue weighted by Crippen LogP contribution is -2.46. The number of aromatic amines is 1. The molecule has 42 heavy (non-hydrogen) atoms. The number of nitrogens with zero attached hydrogens (tertiary/aromatic N) is 5. The topological polar surface area (TPSA) is 116 Å². The van der Waals surface area contributed by atoms with Gasteiger partial charge in [-0.3, -0.25) is 14.6 Å². The fraction of sp³-hybridized carbons (Fsp3) is 0.467. The van der Waals surface area contributed by atoms with Gasteiger partial charge in [-0.1, -0.05) is 57.2 Å². The van der Waals surface area contributed by atoms with E-state index in [1.807, 2.05) is 19.1 Å². The van der Waals surface area contributed by atoms with Gasteiger partial charge in [-0.05, 0) is 67.3 Å². The minimum absolute atomic E-state index is 0.0423. The van der Waals surface area contributed by atoms with E-state index in [0.29, 0.717) is 36.7 Å². The van der Waals surface area contributed by atoms with E-state index < -0.39 is 23.3 Å². The Labute approximate surface area is 243 Å². The molecule has 9 nitrogen and oxygen atoms in total. The van der Waals surface area contributed by atoms with E-state index in [-0.39, 0.29) is 29.1 Å². The summed E-state index contributed by atoms with van der Waals surface area (Å²) >= 11 is 0. The van der Waals surface area contributed by atoms with Crippen LogP contribution in [-0.2, 0) is 23.9 Å². The van der Waals surface area contributed by atoms with E-state index in [2.05, 4.69) is 53.6 Å². The summed E-state index contributed by atoms with van der Waals surface area (Å²) in [7, 11) is 0. The summed E-state index contributed by atoms with van der Waals surface area (Å²) in [5, 5.41) is 16.1. The molecule has 0 aliphatic carbocycles. The van der Waals surface area contributed by atoms with Crippen LogP contribution in [0.25, 0.3) is 0 Å². The molecule has 2 aromatic carbocycles. The molecule has 224 valence electrons. The molecule has 2 N–H and O–H groups in total. The molecule has 3 aromatic rings. The van der Waals surface area contributed by atoms with Gasteiger partial charge in [-0.25, -0.2) is 0 Å². The van der Waals surface area contributed by atoms with E-state index in [1.54, 1.807) is 17.0 Å². The average Bonchev–Trinajstić information content (AvgIpc) is 3.55. The van der Waals surface area contributed by atoms with Crippen molar-refractivity contribution in [2.45, 2.75) is 72.3 Å². The third-order valence-corrected chi connectivity index (χ3v) is 8.01. The zero-order valence-electron chi connectivity index (χ0n) is 24.4. The molecule has 0 bridgehead atoms. The molecule has 2 atom stereocenters. The minimum atomic E-state index is -4.53. The van der Waals surface area contributed by atoms with Crippen LogP contribution in [0.2, 0.25) is 0 Å². The predicted molar refractivity (Wildman–Crippen MR) is 151 cm³/mol. The first-order valence-electron chi connectivity index (χ1n) is 13.9. The number of hydrogen-bond acceptors (Lipinski definition) is 6. The third-order valence-electron chi connectivity index (χ3n) is 8.01. The fourth-order valence-corrected chi connectivity index (χ4v) is 4.77. The quantitative estimate of drug-likeness (QED) is 0.340. The number of hydrogen-bond donors (Lipinski definition) is 2. The number of aromatic nitrogens is 4. The van der Waals surface area contributed by atoms with Crippen LogP contribution in [0.15, 0.2) is 53.5 Å². The molecule has 1 aliphatic heterocycles. The average molecular weight is 584 g/mol. The molecule has 0 radical (unpaired) electrons. The number of carbonyl (C=O) groups excluding carboxylic acids is 2. The van der Waals surface area contributed by atoms with Crippen molar-refractivity contribution < 1.29 is 22.8 Å². The van der Waals surface area contributed by atoms with Crippen molar-refractivity contribution in [1.82, 2.24) is 30.8 Å². The lowest BCUT2D eigenvalue weighted by Gasteiger charge is -2.36. The highest BCUT2D eigenvalue weighted by atomic mass is 19.4. The van der Waals surface area contributed by atoms with Gasteiger partial charge in [0.1, 0.15) is 11.4 Å². The number of benzene rings is 2. The monoisotopic (exact) mass is 583 g/mol. The highest BCUT2D eigenvalue weighted by Gasteiger charge is 2.44. The molecule has 1 aromatic heterocycles. The summed E-state index contributed by atoms with van der Waals surface area (Å²) in [5.41, 5.74) is -0.125. The van der Waals surface area contributed by atoms with Crippen LogP contribution in [-0.4, -0.2) is 55.3 Å². The minimum Gasteiger partial charge on any atom is -0.345 e. The van der Waals surface area contributed by atoms with Gasteiger partial charge in [0.25, 0.3) is 11.8 Å². The number of tetrazole rings is 1. The number of carbonyl (C=O) groups is 2. The SMILES string of the molecule is CC(CCC1(C)N=C(c2cccc(C(F)(F)F)c2)C(=O)N1CCc1ccc(C(=O)NCc2nn[nH]n2)cc1)C(C)(C)C. The van der Waals surface area contributed by atoms with E-state index in [4.69, 9.17) is 4.99 Å². The number of aliphatic imine (C=N–C) groups is 1. The second kappa shape index (κ2) is 12.0. The molecular formula is C30H36F3N7O2. The van der Waals surface area contributed by atoms with E-state index in [1.165, 1.54) is 12.1 Å². The lowest BCUT2D eigenvalue weighted by molar-refractivity contribution is -0.137. The summed E-state index contributed by atoms with van der Waals surface area (Å²) in [6.45, 7) is 10.9. The number of rotatable bonds is 10. The van der Waals surface area contributed by atoms with Gasteiger partial charge >= 0.3 is 6.18 Å². The smallest absolute Gasteiger partial charge is 0.345 e. The van der Waals surface area contributed by atoms with Crippen LogP contribution in [0.4, 0.5) is 13.2 Å². The summed E-state index contributed by atoms with van der Waals surface area (Å²) in [6, 6.07) is 11.8. The maximum atomic E-state index is 13.7. The van der Waals surface area contributed by atoms with Crippen molar-refractivity contribution in [3.05, 3.63) is 76.6 Å². The van der Waals surface area contributed by atoms with Gasteiger partial charge in [-0.2, -0.15) is 18.4 Å². The highest BCUT2D eigenvalue weighted by molar-refractivity contribution is 6.46. The van der Waals surface area contributed by atoms with Crippen LogP contribution in [0.1, 0.15) is 80.3 Å². The van der Waals surface area contributed by atoms with Crippen molar-refractivity contribution in [1.29, 1.82) is 0 Å². The second-order valence-corrected chi connectivity index (χ2v) is 12.0. The molecule has 0 saturated heterocycles. The van der Waals surface area contributed by atoms with Gasteiger partial charge in [0.05, 0.1) is 12.1 Å². The Morgan fingerprint density at radius 2 is 1.83 bits per heavy atom. The normalized spacial score (nSPS) is 18.2. The molecule has 12 heteroatoms. The summed E-state index contributed by atoms with van der Waals surface area (Å²) in [4.78, 5) is 32.6. The maximum absolute atomic E-state index is 13.7. The van der Waals surface area contributed by atoms with Gasteiger partial charge in [0.2, 0.25) is 0 Å². The Hall–Kier alpha value is -4.09. The van der Waals surface area contributed by atoms with E-state index in [0.717, 1.165) is 24.1 Å². The maximum Gasteiger partial charge on any atom is 0.416 e. The van der Waals surface area contributed by atoms with Crippen molar-refractivity contribution >= 4 is 17.5 Å². The van der Waals surface area contributed by atoms with Crippen LogP contribution >= 0.6 is 0 Å². The number of H-pyrrole nitrogens is 1. The first-order chi connectivity index (χ1) is 19.7. The Morgan fingerprint density at radius 1 is 1.12 bits per heavy atom. The van der Waals surface area contributed by atoms with Crippen molar-refractivity contribution in [2.75, 3.05) is 6.54 Å². The van der Waals surface area contributed by atoms with Crippen LogP contribution in [0, 0.1) is 11.3 Å². The number of amides is 2. The van der Waals surface area contributed by atoms with E-state index >= 15 is 0 Å². The van der Waals surface area contributed by atoms with Crippen molar-refractivity contribution in [3.63, 3.8) is 0 Å². The standard InChI is InChI=1S/C30H36F3N7O2/c1-19(28(2,3)4)13-15-29(5)35-25(22-7-6-8-23(17-22)30(31,32)33)27(42)40(29)16-14-20-9-11-21(12-10-20)26(41)34-18-24-36-38-39-37-24/h6-12,17,19H,13-16,18H2,1-5H3,(H,34,41)(H,36,37,38,39). The van der Waals surface area contributed by atoms with Crippen LogP contribution in [0.5, 0.6) is 0 Å². The molecule has 4 rings (SSSR count). The third kappa shape index (κ3) is 7.21. The number of alkyl halides is 3. The Morgan fingerprint density at radius 3 is 2.45 bits per heavy atom. The highest BCUT2D eigenvalue weighted by Crippen LogP contribution is 2.37. The lowest BCUT2D eigenvalue weighted by atomic mass is 9.78. The number of halogens is 3. The summed E-state index contributed by atoms with van der Waals surface area (Å²) < 4.78 is 40.3. The van der Waals surface area contributed by atoms with Gasteiger partial charge < -0.3 is 10.2 Å². The zero-order chi connectivity index (χ0) is 30.7. The molecule has 0 spiro atoms.